The number of benzene rings is 1. The summed E-state index contributed by atoms with van der Waals surface area (Å²) < 4.78 is 13.0. The second-order valence-corrected chi connectivity index (χ2v) is 5.20. The zero-order valence-corrected chi connectivity index (χ0v) is 10.0. The summed E-state index contributed by atoms with van der Waals surface area (Å²) in [6.07, 6.45) is 1.07. The summed E-state index contributed by atoms with van der Waals surface area (Å²) in [5.41, 5.74) is 2.30. The highest BCUT2D eigenvalue weighted by Gasteiger charge is 2.09. The summed E-state index contributed by atoms with van der Waals surface area (Å²) in [4.78, 5) is 0. The molecule has 0 aliphatic carbocycles. The van der Waals surface area contributed by atoms with Crippen molar-refractivity contribution in [3.63, 3.8) is 0 Å². The molecule has 84 valence electrons. The van der Waals surface area contributed by atoms with Gasteiger partial charge >= 0.3 is 0 Å². The van der Waals surface area contributed by atoms with Crippen LogP contribution in [0.4, 0.5) is 10.1 Å². The minimum Gasteiger partial charge on any atom is -0.385 e. The minimum atomic E-state index is -0.182. The average molecular weight is 209 g/mol. The van der Waals surface area contributed by atoms with Crippen molar-refractivity contribution in [2.24, 2.45) is 5.41 Å². The molecule has 0 bridgehead atoms. The summed E-state index contributed by atoms with van der Waals surface area (Å²) in [5, 5.41) is 3.27. The number of hydrogen-bond donors (Lipinski definition) is 1. The van der Waals surface area contributed by atoms with E-state index in [0.717, 1.165) is 24.2 Å². The minimum absolute atomic E-state index is 0.182. The van der Waals surface area contributed by atoms with Gasteiger partial charge in [-0.2, -0.15) is 0 Å². The second-order valence-electron chi connectivity index (χ2n) is 5.20. The van der Waals surface area contributed by atoms with E-state index in [1.165, 1.54) is 6.07 Å². The molecule has 0 amide bonds. The largest absolute Gasteiger partial charge is 0.385 e. The lowest BCUT2D eigenvalue weighted by atomic mass is 9.92. The fourth-order valence-corrected chi connectivity index (χ4v) is 1.36. The van der Waals surface area contributed by atoms with E-state index in [9.17, 15) is 4.39 Å². The normalized spacial score (nSPS) is 11.5. The molecule has 0 aromatic heterocycles. The Hall–Kier alpha value is -1.05. The molecule has 1 aromatic carbocycles. The molecule has 1 aromatic rings. The van der Waals surface area contributed by atoms with Crippen molar-refractivity contribution in [2.75, 3.05) is 11.9 Å². The van der Waals surface area contributed by atoms with Crippen LogP contribution in [0.15, 0.2) is 18.2 Å². The van der Waals surface area contributed by atoms with Crippen LogP contribution in [0, 0.1) is 18.2 Å². The SMILES string of the molecule is Cc1ccc(F)cc1NCCC(C)(C)C. The van der Waals surface area contributed by atoms with E-state index in [4.69, 9.17) is 0 Å². The van der Waals surface area contributed by atoms with Crippen molar-refractivity contribution < 1.29 is 4.39 Å². The van der Waals surface area contributed by atoms with Crippen molar-refractivity contribution in [1.82, 2.24) is 0 Å². The molecule has 1 N–H and O–H groups in total. The first-order valence-corrected chi connectivity index (χ1v) is 5.38. The quantitative estimate of drug-likeness (QED) is 0.794. The molecule has 0 unspecified atom stereocenters. The third kappa shape index (κ3) is 4.32. The van der Waals surface area contributed by atoms with Crippen LogP contribution in [0.3, 0.4) is 0 Å². The molecule has 0 radical (unpaired) electrons. The highest BCUT2D eigenvalue weighted by Crippen LogP contribution is 2.20. The van der Waals surface area contributed by atoms with E-state index < -0.39 is 0 Å². The Morgan fingerprint density at radius 1 is 1.27 bits per heavy atom. The molecule has 0 aliphatic rings. The lowest BCUT2D eigenvalue weighted by molar-refractivity contribution is 0.390. The van der Waals surface area contributed by atoms with Gasteiger partial charge in [0.15, 0.2) is 0 Å². The van der Waals surface area contributed by atoms with Crippen LogP contribution < -0.4 is 5.32 Å². The molecule has 0 spiro atoms. The van der Waals surface area contributed by atoms with E-state index >= 15 is 0 Å². The maximum atomic E-state index is 13.0. The van der Waals surface area contributed by atoms with Crippen LogP contribution >= 0.6 is 0 Å². The van der Waals surface area contributed by atoms with Crippen LogP contribution in [0.2, 0.25) is 0 Å². The monoisotopic (exact) mass is 209 g/mol. The molecule has 1 rings (SSSR count). The van der Waals surface area contributed by atoms with Crippen LogP contribution in [0.25, 0.3) is 0 Å². The van der Waals surface area contributed by atoms with Gasteiger partial charge in [0.05, 0.1) is 0 Å². The van der Waals surface area contributed by atoms with Gasteiger partial charge in [0.25, 0.3) is 0 Å². The summed E-state index contributed by atoms with van der Waals surface area (Å²) in [5.74, 6) is -0.182. The third-order valence-corrected chi connectivity index (χ3v) is 2.39. The second kappa shape index (κ2) is 4.65. The first-order valence-electron chi connectivity index (χ1n) is 5.38. The first kappa shape index (κ1) is 12.0. The zero-order chi connectivity index (χ0) is 11.5. The molecule has 15 heavy (non-hydrogen) atoms. The van der Waals surface area contributed by atoms with Crippen LogP contribution in [-0.2, 0) is 0 Å². The highest BCUT2D eigenvalue weighted by atomic mass is 19.1. The maximum absolute atomic E-state index is 13.0. The van der Waals surface area contributed by atoms with E-state index in [0.29, 0.717) is 5.41 Å². The molecule has 0 atom stereocenters. The van der Waals surface area contributed by atoms with Crippen LogP contribution in [0.5, 0.6) is 0 Å². The number of aryl methyl sites for hydroxylation is 1. The van der Waals surface area contributed by atoms with Crippen molar-refractivity contribution >= 4 is 5.69 Å². The Bertz CT molecular complexity index is 326. The predicted molar refractivity (Wildman–Crippen MR) is 63.7 cm³/mol. The molecule has 1 nitrogen and oxygen atoms in total. The van der Waals surface area contributed by atoms with Gasteiger partial charge in [-0.3, -0.25) is 0 Å². The summed E-state index contributed by atoms with van der Waals surface area (Å²) in [6, 6.07) is 4.84. The van der Waals surface area contributed by atoms with Crippen molar-refractivity contribution in [3.05, 3.63) is 29.6 Å². The molecule has 0 saturated heterocycles. The van der Waals surface area contributed by atoms with Gasteiger partial charge in [-0.05, 0) is 36.5 Å². The molecule has 2 heteroatoms. The van der Waals surface area contributed by atoms with Gasteiger partial charge in [-0.15, -0.1) is 0 Å². The lowest BCUT2D eigenvalue weighted by Crippen LogP contribution is -2.13. The highest BCUT2D eigenvalue weighted by molar-refractivity contribution is 5.50. The van der Waals surface area contributed by atoms with Gasteiger partial charge in [-0.25, -0.2) is 4.39 Å². The molecule has 0 heterocycles. The smallest absolute Gasteiger partial charge is 0.125 e. The topological polar surface area (TPSA) is 12.0 Å². The van der Waals surface area contributed by atoms with Gasteiger partial charge < -0.3 is 5.32 Å². The zero-order valence-electron chi connectivity index (χ0n) is 10.0. The third-order valence-electron chi connectivity index (χ3n) is 2.39. The Labute approximate surface area is 91.7 Å². The number of rotatable bonds is 3. The predicted octanol–water partition coefficient (Wildman–Crippen LogP) is 3.98. The van der Waals surface area contributed by atoms with Crippen LogP contribution in [-0.4, -0.2) is 6.54 Å². The van der Waals surface area contributed by atoms with Crippen molar-refractivity contribution in [3.8, 4) is 0 Å². The van der Waals surface area contributed by atoms with Crippen molar-refractivity contribution in [1.29, 1.82) is 0 Å². The molecular weight excluding hydrogens is 189 g/mol. The van der Waals surface area contributed by atoms with Gasteiger partial charge in [0.2, 0.25) is 0 Å². The molecule has 0 saturated carbocycles. The average Bonchev–Trinajstić information content (AvgIpc) is 2.09. The lowest BCUT2D eigenvalue weighted by Gasteiger charge is -2.19. The van der Waals surface area contributed by atoms with E-state index in [1.54, 1.807) is 12.1 Å². The molecular formula is C13H20FN. The Morgan fingerprint density at radius 3 is 2.53 bits per heavy atom. The molecule has 0 fully saturated rings. The Morgan fingerprint density at radius 2 is 1.93 bits per heavy atom. The number of nitrogens with one attached hydrogen (secondary N) is 1. The van der Waals surface area contributed by atoms with E-state index in [2.05, 4.69) is 26.1 Å². The number of hydrogen-bond acceptors (Lipinski definition) is 1. The fraction of sp³-hybridized carbons (Fsp3) is 0.538. The molecule has 0 aliphatic heterocycles. The van der Waals surface area contributed by atoms with E-state index in [-0.39, 0.29) is 5.82 Å². The maximum Gasteiger partial charge on any atom is 0.125 e. The first-order chi connectivity index (χ1) is 6.88. The fourth-order valence-electron chi connectivity index (χ4n) is 1.36. The number of anilines is 1. The standard InChI is InChI=1S/C13H20FN/c1-10-5-6-11(14)9-12(10)15-8-7-13(2,3)4/h5-6,9,15H,7-8H2,1-4H3. The van der Waals surface area contributed by atoms with Gasteiger partial charge in [-0.1, -0.05) is 26.8 Å². The van der Waals surface area contributed by atoms with Gasteiger partial charge in [0.1, 0.15) is 5.82 Å². The number of halogens is 1. The van der Waals surface area contributed by atoms with Crippen molar-refractivity contribution in [2.45, 2.75) is 34.1 Å². The van der Waals surface area contributed by atoms with E-state index in [1.807, 2.05) is 6.92 Å². The summed E-state index contributed by atoms with van der Waals surface area (Å²) >= 11 is 0. The van der Waals surface area contributed by atoms with Crippen LogP contribution in [0.1, 0.15) is 32.8 Å². The Balaban J connectivity index is 2.54. The Kier molecular flexibility index (Phi) is 3.72. The summed E-state index contributed by atoms with van der Waals surface area (Å²) in [7, 11) is 0. The summed E-state index contributed by atoms with van der Waals surface area (Å²) in [6.45, 7) is 9.47. The van der Waals surface area contributed by atoms with Gasteiger partial charge in [0, 0.05) is 12.2 Å².